The predicted molar refractivity (Wildman–Crippen MR) is 73.8 cm³/mol. The second-order valence-corrected chi connectivity index (χ2v) is 4.93. The summed E-state index contributed by atoms with van der Waals surface area (Å²) in [7, 11) is 1.70. The number of ketones is 1. The zero-order chi connectivity index (χ0) is 13.2. The molecule has 0 N–H and O–H groups in total. The van der Waals surface area contributed by atoms with Crippen LogP contribution < -0.4 is 0 Å². The van der Waals surface area contributed by atoms with E-state index < -0.39 is 0 Å². The molecule has 0 saturated heterocycles. The zero-order valence-electron chi connectivity index (χ0n) is 11.1. The smallest absolute Gasteiger partial charge is 0.164 e. The second-order valence-electron chi connectivity index (χ2n) is 4.93. The Kier molecular flexibility index (Phi) is 3.22. The zero-order valence-corrected chi connectivity index (χ0v) is 11.1. The molecule has 0 fully saturated rings. The first-order chi connectivity index (χ1) is 9.29. The van der Waals surface area contributed by atoms with Crippen molar-refractivity contribution in [3.63, 3.8) is 0 Å². The fourth-order valence-electron chi connectivity index (χ4n) is 2.73. The van der Waals surface area contributed by atoms with Crippen LogP contribution in [0.2, 0.25) is 0 Å². The Morgan fingerprint density at radius 3 is 3.00 bits per heavy atom. The van der Waals surface area contributed by atoms with Crippen molar-refractivity contribution in [1.82, 2.24) is 4.57 Å². The van der Waals surface area contributed by atoms with Gasteiger partial charge in [-0.1, -0.05) is 12.1 Å². The fraction of sp³-hybridized carbons (Fsp3) is 0.312. The van der Waals surface area contributed by atoms with Gasteiger partial charge in [-0.15, -0.1) is 0 Å². The topological polar surface area (TPSA) is 31.2 Å². The number of carbonyl (C=O) groups is 1. The van der Waals surface area contributed by atoms with Crippen molar-refractivity contribution in [2.75, 3.05) is 7.11 Å². The van der Waals surface area contributed by atoms with Gasteiger partial charge in [-0.25, -0.2) is 0 Å². The first-order valence-corrected chi connectivity index (χ1v) is 6.61. The van der Waals surface area contributed by atoms with Crippen LogP contribution in [-0.4, -0.2) is 17.5 Å². The van der Waals surface area contributed by atoms with Gasteiger partial charge in [0.2, 0.25) is 0 Å². The normalized spacial score (nSPS) is 14.5. The third kappa shape index (κ3) is 2.22. The van der Waals surface area contributed by atoms with Crippen molar-refractivity contribution in [3.05, 3.63) is 53.3 Å². The van der Waals surface area contributed by atoms with Crippen LogP contribution in [0.5, 0.6) is 0 Å². The average Bonchev–Trinajstić information content (AvgIpc) is 2.85. The lowest BCUT2D eigenvalue weighted by Crippen LogP contribution is -2.12. The van der Waals surface area contributed by atoms with Crippen LogP contribution >= 0.6 is 0 Å². The number of fused-ring (bicyclic) bond motifs is 1. The molecule has 1 aliphatic rings. The van der Waals surface area contributed by atoms with E-state index >= 15 is 0 Å². The van der Waals surface area contributed by atoms with Crippen LogP contribution in [0.1, 0.15) is 34.5 Å². The minimum atomic E-state index is 0.271. The summed E-state index contributed by atoms with van der Waals surface area (Å²) in [5.74, 6) is 0.271. The number of hydrogen-bond donors (Lipinski definition) is 0. The number of aromatic nitrogens is 1. The lowest BCUT2D eigenvalue weighted by Gasteiger charge is -2.15. The highest BCUT2D eigenvalue weighted by Crippen LogP contribution is 2.25. The third-order valence-electron chi connectivity index (χ3n) is 3.61. The molecule has 19 heavy (non-hydrogen) atoms. The fourth-order valence-corrected chi connectivity index (χ4v) is 2.73. The van der Waals surface area contributed by atoms with Gasteiger partial charge >= 0.3 is 0 Å². The first-order valence-electron chi connectivity index (χ1n) is 6.61. The summed E-state index contributed by atoms with van der Waals surface area (Å²) < 4.78 is 7.30. The maximum atomic E-state index is 11.9. The standard InChI is InChI=1S/C16H17NO2/c1-19-11-12-4-2-5-13(10-12)17-9-8-14-15(17)6-3-7-16(14)18/h2,4-5,8-10H,3,6-7,11H2,1H3. The van der Waals surface area contributed by atoms with E-state index in [1.165, 1.54) is 0 Å². The van der Waals surface area contributed by atoms with Gasteiger partial charge in [-0.2, -0.15) is 0 Å². The Labute approximate surface area is 112 Å². The summed E-state index contributed by atoms with van der Waals surface area (Å²) in [5.41, 5.74) is 4.28. The third-order valence-corrected chi connectivity index (χ3v) is 3.61. The summed E-state index contributed by atoms with van der Waals surface area (Å²) in [4.78, 5) is 11.9. The summed E-state index contributed by atoms with van der Waals surface area (Å²) in [6.07, 6.45) is 4.61. The lowest BCUT2D eigenvalue weighted by atomic mass is 9.96. The van der Waals surface area contributed by atoms with Gasteiger partial charge in [0.05, 0.1) is 6.61 Å². The largest absolute Gasteiger partial charge is 0.380 e. The Bertz CT molecular complexity index is 613. The summed E-state index contributed by atoms with van der Waals surface area (Å²) in [5, 5.41) is 0. The maximum absolute atomic E-state index is 11.9. The highest BCUT2D eigenvalue weighted by Gasteiger charge is 2.20. The van der Waals surface area contributed by atoms with Crippen molar-refractivity contribution in [3.8, 4) is 5.69 Å². The number of methoxy groups -OCH3 is 1. The molecule has 2 aromatic rings. The maximum Gasteiger partial charge on any atom is 0.164 e. The molecule has 1 aromatic heterocycles. The molecule has 1 aromatic carbocycles. The van der Waals surface area contributed by atoms with E-state index in [-0.39, 0.29) is 5.78 Å². The highest BCUT2D eigenvalue weighted by atomic mass is 16.5. The van der Waals surface area contributed by atoms with Crippen LogP contribution in [0.25, 0.3) is 5.69 Å². The summed E-state index contributed by atoms with van der Waals surface area (Å²) >= 11 is 0. The molecule has 0 saturated carbocycles. The van der Waals surface area contributed by atoms with Gasteiger partial charge in [-0.3, -0.25) is 4.79 Å². The minimum absolute atomic E-state index is 0.271. The molecule has 3 nitrogen and oxygen atoms in total. The Morgan fingerprint density at radius 2 is 2.16 bits per heavy atom. The van der Waals surface area contributed by atoms with E-state index in [0.717, 1.165) is 35.3 Å². The molecule has 0 spiro atoms. The van der Waals surface area contributed by atoms with E-state index in [0.29, 0.717) is 13.0 Å². The van der Waals surface area contributed by atoms with Crippen molar-refractivity contribution in [1.29, 1.82) is 0 Å². The number of Topliss-reactive ketones (excluding diaryl/α,β-unsaturated/α-hetero) is 1. The Hall–Kier alpha value is -1.87. The molecular weight excluding hydrogens is 238 g/mol. The van der Waals surface area contributed by atoms with Gasteiger partial charge in [0.25, 0.3) is 0 Å². The van der Waals surface area contributed by atoms with Crippen LogP contribution in [0.4, 0.5) is 0 Å². The van der Waals surface area contributed by atoms with Crippen LogP contribution in [0.3, 0.4) is 0 Å². The average molecular weight is 255 g/mol. The number of ether oxygens (including phenoxy) is 1. The summed E-state index contributed by atoms with van der Waals surface area (Å²) in [6.45, 7) is 0.607. The van der Waals surface area contributed by atoms with E-state index in [9.17, 15) is 4.79 Å². The van der Waals surface area contributed by atoms with Gasteiger partial charge in [0, 0.05) is 36.7 Å². The van der Waals surface area contributed by atoms with Gasteiger partial charge < -0.3 is 9.30 Å². The predicted octanol–water partition coefficient (Wildman–Crippen LogP) is 3.14. The van der Waals surface area contributed by atoms with E-state index in [1.54, 1.807) is 7.11 Å². The molecular formula is C16H17NO2. The highest BCUT2D eigenvalue weighted by molar-refractivity contribution is 5.98. The minimum Gasteiger partial charge on any atom is -0.380 e. The Morgan fingerprint density at radius 1 is 1.26 bits per heavy atom. The van der Waals surface area contributed by atoms with E-state index in [2.05, 4.69) is 16.7 Å². The molecule has 0 radical (unpaired) electrons. The van der Waals surface area contributed by atoms with Crippen LogP contribution in [0.15, 0.2) is 36.5 Å². The number of benzene rings is 1. The molecule has 0 aliphatic heterocycles. The van der Waals surface area contributed by atoms with E-state index in [1.807, 2.05) is 24.4 Å². The monoisotopic (exact) mass is 255 g/mol. The first kappa shape index (κ1) is 12.2. The lowest BCUT2D eigenvalue weighted by molar-refractivity contribution is 0.0972. The van der Waals surface area contributed by atoms with Crippen molar-refractivity contribution in [2.24, 2.45) is 0 Å². The second kappa shape index (κ2) is 5.02. The number of hydrogen-bond acceptors (Lipinski definition) is 2. The molecule has 1 heterocycles. The van der Waals surface area contributed by atoms with Gasteiger partial charge in [0.15, 0.2) is 5.78 Å². The number of rotatable bonds is 3. The van der Waals surface area contributed by atoms with Crippen molar-refractivity contribution in [2.45, 2.75) is 25.9 Å². The summed E-state index contributed by atoms with van der Waals surface area (Å²) in [6, 6.07) is 10.2. The SMILES string of the molecule is COCc1cccc(-n2ccc3c2CCCC3=O)c1. The molecule has 0 amide bonds. The molecule has 3 heteroatoms. The van der Waals surface area contributed by atoms with Crippen LogP contribution in [-0.2, 0) is 17.8 Å². The molecule has 98 valence electrons. The number of carbonyl (C=O) groups excluding carboxylic acids is 1. The van der Waals surface area contributed by atoms with Crippen molar-refractivity contribution >= 4 is 5.78 Å². The molecule has 0 bridgehead atoms. The molecule has 3 rings (SSSR count). The molecule has 0 unspecified atom stereocenters. The van der Waals surface area contributed by atoms with Gasteiger partial charge in [0.1, 0.15) is 0 Å². The molecule has 1 aliphatic carbocycles. The Balaban J connectivity index is 2.03. The molecule has 0 atom stereocenters. The van der Waals surface area contributed by atoms with E-state index in [4.69, 9.17) is 4.74 Å². The van der Waals surface area contributed by atoms with Crippen molar-refractivity contribution < 1.29 is 9.53 Å². The van der Waals surface area contributed by atoms with Crippen LogP contribution in [0, 0.1) is 0 Å². The number of nitrogens with zero attached hydrogens (tertiary/aromatic N) is 1. The quantitative estimate of drug-likeness (QED) is 0.843. The van der Waals surface area contributed by atoms with Gasteiger partial charge in [-0.05, 0) is 36.6 Å².